The molecule has 2 rings (SSSR count). The van der Waals surface area contributed by atoms with Crippen LogP contribution in [0.4, 0.5) is 5.69 Å². The van der Waals surface area contributed by atoms with Crippen molar-refractivity contribution in [1.82, 2.24) is 5.32 Å². The molecule has 1 unspecified atom stereocenters. The maximum Gasteiger partial charge on any atom is 0.251 e. The molecule has 0 saturated carbocycles. The minimum atomic E-state index is -0.180. The number of carbonyl (C=O) groups is 1. The standard InChI is InChI=1S/C14H15ClN2O2/c1-9(7-11-3-2-6-19-11)17-14(18)10-4-5-13(16)12(15)8-10/h2-6,8-9H,7,16H2,1H3,(H,17,18). The third-order valence-electron chi connectivity index (χ3n) is 2.73. The van der Waals surface area contributed by atoms with Crippen LogP contribution in [0.25, 0.3) is 0 Å². The number of benzene rings is 1. The van der Waals surface area contributed by atoms with Crippen molar-refractivity contribution >= 4 is 23.2 Å². The van der Waals surface area contributed by atoms with E-state index in [1.807, 2.05) is 19.1 Å². The Hall–Kier alpha value is -1.94. The molecule has 0 aliphatic heterocycles. The number of rotatable bonds is 4. The summed E-state index contributed by atoms with van der Waals surface area (Å²) in [7, 11) is 0. The van der Waals surface area contributed by atoms with Crippen LogP contribution in [0.3, 0.4) is 0 Å². The van der Waals surface area contributed by atoms with Crippen LogP contribution in [-0.4, -0.2) is 11.9 Å². The summed E-state index contributed by atoms with van der Waals surface area (Å²) in [5, 5.41) is 3.26. The van der Waals surface area contributed by atoms with Gasteiger partial charge in [-0.1, -0.05) is 11.6 Å². The lowest BCUT2D eigenvalue weighted by atomic mass is 10.1. The minimum absolute atomic E-state index is 0.0324. The Bertz CT molecular complexity index is 567. The van der Waals surface area contributed by atoms with E-state index in [0.717, 1.165) is 5.76 Å². The van der Waals surface area contributed by atoms with E-state index in [4.69, 9.17) is 21.8 Å². The Morgan fingerprint density at radius 3 is 2.89 bits per heavy atom. The molecule has 1 aromatic heterocycles. The Labute approximate surface area is 116 Å². The number of anilines is 1. The zero-order chi connectivity index (χ0) is 13.8. The lowest BCUT2D eigenvalue weighted by molar-refractivity contribution is 0.0939. The third-order valence-corrected chi connectivity index (χ3v) is 3.05. The summed E-state index contributed by atoms with van der Waals surface area (Å²) in [4.78, 5) is 12.0. The number of nitrogen functional groups attached to an aromatic ring is 1. The molecule has 5 heteroatoms. The maximum atomic E-state index is 12.0. The molecule has 0 fully saturated rings. The lowest BCUT2D eigenvalue weighted by Crippen LogP contribution is -2.34. The lowest BCUT2D eigenvalue weighted by Gasteiger charge is -2.13. The molecule has 1 atom stereocenters. The monoisotopic (exact) mass is 278 g/mol. The van der Waals surface area contributed by atoms with Crippen molar-refractivity contribution in [3.05, 3.63) is 52.9 Å². The predicted octanol–water partition coefficient (Wildman–Crippen LogP) is 2.88. The molecule has 0 bridgehead atoms. The average molecular weight is 279 g/mol. The van der Waals surface area contributed by atoms with Gasteiger partial charge in [-0.2, -0.15) is 0 Å². The average Bonchev–Trinajstić information content (AvgIpc) is 2.85. The second-order valence-electron chi connectivity index (χ2n) is 4.39. The van der Waals surface area contributed by atoms with Gasteiger partial charge in [0.2, 0.25) is 0 Å². The molecule has 2 aromatic rings. The molecule has 0 spiro atoms. The molecule has 0 saturated heterocycles. The molecule has 4 nitrogen and oxygen atoms in total. The normalized spacial score (nSPS) is 12.1. The van der Waals surface area contributed by atoms with E-state index in [0.29, 0.717) is 22.7 Å². The highest BCUT2D eigenvalue weighted by atomic mass is 35.5. The summed E-state index contributed by atoms with van der Waals surface area (Å²) in [5.41, 5.74) is 6.56. The van der Waals surface area contributed by atoms with Crippen molar-refractivity contribution in [3.8, 4) is 0 Å². The van der Waals surface area contributed by atoms with Crippen LogP contribution in [-0.2, 0) is 6.42 Å². The van der Waals surface area contributed by atoms with Crippen molar-refractivity contribution in [2.75, 3.05) is 5.73 Å². The highest BCUT2D eigenvalue weighted by Gasteiger charge is 2.12. The molecular weight excluding hydrogens is 264 g/mol. The highest BCUT2D eigenvalue weighted by molar-refractivity contribution is 6.33. The Kier molecular flexibility index (Phi) is 4.12. The van der Waals surface area contributed by atoms with Crippen LogP contribution in [0.1, 0.15) is 23.0 Å². The number of halogens is 1. The Morgan fingerprint density at radius 1 is 1.47 bits per heavy atom. The van der Waals surface area contributed by atoms with Gasteiger partial charge in [-0.25, -0.2) is 0 Å². The first-order valence-electron chi connectivity index (χ1n) is 5.94. The summed E-state index contributed by atoms with van der Waals surface area (Å²) in [6, 6.07) is 8.50. The van der Waals surface area contributed by atoms with Crippen LogP contribution in [0.15, 0.2) is 41.0 Å². The third kappa shape index (κ3) is 3.51. The van der Waals surface area contributed by atoms with Crippen LogP contribution < -0.4 is 11.1 Å². The van der Waals surface area contributed by atoms with Crippen molar-refractivity contribution in [3.63, 3.8) is 0 Å². The van der Waals surface area contributed by atoms with E-state index >= 15 is 0 Å². The molecule has 100 valence electrons. The summed E-state index contributed by atoms with van der Waals surface area (Å²) in [6.07, 6.45) is 2.26. The first-order valence-corrected chi connectivity index (χ1v) is 6.32. The van der Waals surface area contributed by atoms with Gasteiger partial charge in [0.1, 0.15) is 5.76 Å². The summed E-state index contributed by atoms with van der Waals surface area (Å²) < 4.78 is 5.24. The topological polar surface area (TPSA) is 68.3 Å². The molecule has 0 aliphatic rings. The summed E-state index contributed by atoms with van der Waals surface area (Å²) in [6.45, 7) is 1.92. The molecule has 1 aromatic carbocycles. The molecule has 1 amide bonds. The number of nitrogens with one attached hydrogen (secondary N) is 1. The zero-order valence-corrected chi connectivity index (χ0v) is 11.3. The van der Waals surface area contributed by atoms with E-state index in [2.05, 4.69) is 5.32 Å². The molecule has 19 heavy (non-hydrogen) atoms. The second kappa shape index (κ2) is 5.80. The number of amides is 1. The van der Waals surface area contributed by atoms with Gasteiger partial charge in [0.25, 0.3) is 5.91 Å². The van der Waals surface area contributed by atoms with E-state index in [9.17, 15) is 4.79 Å². The van der Waals surface area contributed by atoms with Gasteiger partial charge in [0.15, 0.2) is 0 Å². The number of nitrogens with two attached hydrogens (primary N) is 1. The summed E-state index contributed by atoms with van der Waals surface area (Å²) in [5.74, 6) is 0.657. The molecule has 0 aliphatic carbocycles. The second-order valence-corrected chi connectivity index (χ2v) is 4.80. The maximum absolute atomic E-state index is 12.0. The fraction of sp³-hybridized carbons (Fsp3) is 0.214. The molecule has 0 radical (unpaired) electrons. The SMILES string of the molecule is CC(Cc1ccco1)NC(=O)c1ccc(N)c(Cl)c1. The number of furan rings is 1. The van der Waals surface area contributed by atoms with Crippen LogP contribution in [0.2, 0.25) is 5.02 Å². The fourth-order valence-electron chi connectivity index (χ4n) is 1.76. The first kappa shape index (κ1) is 13.5. The number of hydrogen-bond donors (Lipinski definition) is 2. The van der Waals surface area contributed by atoms with E-state index in [1.54, 1.807) is 24.5 Å². The van der Waals surface area contributed by atoms with Crippen molar-refractivity contribution in [1.29, 1.82) is 0 Å². The Balaban J connectivity index is 1.98. The smallest absolute Gasteiger partial charge is 0.251 e. The van der Waals surface area contributed by atoms with Gasteiger partial charge in [-0.3, -0.25) is 4.79 Å². The first-order chi connectivity index (χ1) is 9.06. The zero-order valence-electron chi connectivity index (χ0n) is 10.5. The minimum Gasteiger partial charge on any atom is -0.469 e. The Morgan fingerprint density at radius 2 is 2.26 bits per heavy atom. The van der Waals surface area contributed by atoms with Crippen LogP contribution in [0.5, 0.6) is 0 Å². The molecular formula is C14H15ClN2O2. The van der Waals surface area contributed by atoms with Gasteiger partial charge in [0, 0.05) is 18.0 Å². The van der Waals surface area contributed by atoms with E-state index in [1.165, 1.54) is 0 Å². The quantitative estimate of drug-likeness (QED) is 0.845. The van der Waals surface area contributed by atoms with Gasteiger partial charge in [-0.15, -0.1) is 0 Å². The number of hydrogen-bond acceptors (Lipinski definition) is 3. The van der Waals surface area contributed by atoms with E-state index in [-0.39, 0.29) is 11.9 Å². The molecule has 1 heterocycles. The largest absolute Gasteiger partial charge is 0.469 e. The van der Waals surface area contributed by atoms with Crippen LogP contribution >= 0.6 is 11.6 Å². The van der Waals surface area contributed by atoms with E-state index < -0.39 is 0 Å². The van der Waals surface area contributed by atoms with Crippen LogP contribution in [0, 0.1) is 0 Å². The number of carbonyl (C=O) groups excluding carboxylic acids is 1. The molecule has 3 N–H and O–H groups in total. The highest BCUT2D eigenvalue weighted by Crippen LogP contribution is 2.19. The van der Waals surface area contributed by atoms with Crippen molar-refractivity contribution in [2.24, 2.45) is 0 Å². The predicted molar refractivity (Wildman–Crippen MR) is 75.2 cm³/mol. The summed E-state index contributed by atoms with van der Waals surface area (Å²) >= 11 is 5.89. The van der Waals surface area contributed by atoms with Crippen molar-refractivity contribution in [2.45, 2.75) is 19.4 Å². The van der Waals surface area contributed by atoms with Gasteiger partial charge >= 0.3 is 0 Å². The van der Waals surface area contributed by atoms with Gasteiger partial charge in [0.05, 0.1) is 17.0 Å². The fourth-order valence-corrected chi connectivity index (χ4v) is 1.94. The van der Waals surface area contributed by atoms with Crippen molar-refractivity contribution < 1.29 is 9.21 Å². The van der Waals surface area contributed by atoms with Gasteiger partial charge in [-0.05, 0) is 37.3 Å². The van der Waals surface area contributed by atoms with Gasteiger partial charge < -0.3 is 15.5 Å².